The molecule has 2 heterocycles. The largest absolute Gasteiger partial charge is 0.461 e. The number of furan rings is 1. The Labute approximate surface area is 188 Å². The van der Waals surface area contributed by atoms with Gasteiger partial charge in [0.05, 0.1) is 30.0 Å². The maximum absolute atomic E-state index is 13.9. The third-order valence-corrected chi connectivity index (χ3v) is 5.36. The molecule has 5 nitrogen and oxygen atoms in total. The number of alkyl halides is 3. The second-order valence-electron chi connectivity index (χ2n) is 7.62. The van der Waals surface area contributed by atoms with Gasteiger partial charge in [-0.2, -0.15) is 13.2 Å². The van der Waals surface area contributed by atoms with Crippen molar-refractivity contribution >= 4 is 17.3 Å². The first-order valence-electron chi connectivity index (χ1n) is 10.5. The van der Waals surface area contributed by atoms with Crippen molar-refractivity contribution in [1.82, 2.24) is 0 Å². The molecule has 1 aliphatic rings. The minimum atomic E-state index is -4.62. The van der Waals surface area contributed by atoms with Crippen molar-refractivity contribution in [3.05, 3.63) is 71.7 Å². The van der Waals surface area contributed by atoms with Gasteiger partial charge in [0.1, 0.15) is 17.3 Å². The molecule has 4 rings (SSSR count). The summed E-state index contributed by atoms with van der Waals surface area (Å²) in [5.41, 5.74) is -0.473. The van der Waals surface area contributed by atoms with Crippen LogP contribution in [0, 0.1) is 5.82 Å². The van der Waals surface area contributed by atoms with Crippen LogP contribution in [0.4, 0.5) is 28.9 Å². The molecule has 33 heavy (non-hydrogen) atoms. The molecule has 1 N–H and O–H groups in total. The molecule has 0 radical (unpaired) electrons. The second-order valence-corrected chi connectivity index (χ2v) is 7.62. The van der Waals surface area contributed by atoms with Crippen LogP contribution in [0.1, 0.15) is 17.7 Å². The Hall–Kier alpha value is -3.33. The van der Waals surface area contributed by atoms with Crippen molar-refractivity contribution in [2.24, 2.45) is 0 Å². The van der Waals surface area contributed by atoms with E-state index in [1.807, 2.05) is 4.90 Å². The Kier molecular flexibility index (Phi) is 6.69. The van der Waals surface area contributed by atoms with E-state index in [4.69, 9.17) is 9.15 Å². The van der Waals surface area contributed by atoms with Crippen LogP contribution in [0.3, 0.4) is 0 Å². The molecule has 2 aromatic carbocycles. The third kappa shape index (κ3) is 5.54. The van der Waals surface area contributed by atoms with Crippen molar-refractivity contribution < 1.29 is 31.5 Å². The van der Waals surface area contributed by atoms with Gasteiger partial charge in [0.2, 0.25) is 5.91 Å². The molecule has 3 aromatic rings. The minimum Gasteiger partial charge on any atom is -0.461 e. The van der Waals surface area contributed by atoms with Gasteiger partial charge in [-0.1, -0.05) is 12.1 Å². The molecule has 0 bridgehead atoms. The highest BCUT2D eigenvalue weighted by atomic mass is 19.4. The predicted octanol–water partition coefficient (Wildman–Crippen LogP) is 5.51. The molecule has 0 spiro atoms. The third-order valence-electron chi connectivity index (χ3n) is 5.36. The van der Waals surface area contributed by atoms with Gasteiger partial charge in [-0.15, -0.1) is 0 Å². The van der Waals surface area contributed by atoms with E-state index in [-0.39, 0.29) is 18.5 Å². The summed E-state index contributed by atoms with van der Waals surface area (Å²) in [5, 5.41) is 2.36. The summed E-state index contributed by atoms with van der Waals surface area (Å²) >= 11 is 0. The number of ether oxygens (including phenoxy) is 1. The highest BCUT2D eigenvalue weighted by molar-refractivity contribution is 5.92. The number of nitrogens with zero attached hydrogens (tertiary/aromatic N) is 1. The van der Waals surface area contributed by atoms with E-state index in [1.54, 1.807) is 36.4 Å². The highest BCUT2D eigenvalue weighted by Crippen LogP contribution is 2.37. The summed E-state index contributed by atoms with van der Waals surface area (Å²) in [6.07, 6.45) is -4.55. The van der Waals surface area contributed by atoms with E-state index in [2.05, 4.69) is 5.32 Å². The van der Waals surface area contributed by atoms with Gasteiger partial charge < -0.3 is 19.4 Å². The topological polar surface area (TPSA) is 54.7 Å². The molecule has 0 aliphatic carbocycles. The first-order valence-corrected chi connectivity index (χ1v) is 10.5. The van der Waals surface area contributed by atoms with Crippen LogP contribution in [-0.4, -0.2) is 32.2 Å². The van der Waals surface area contributed by atoms with Gasteiger partial charge in [0, 0.05) is 31.6 Å². The summed E-state index contributed by atoms with van der Waals surface area (Å²) < 4.78 is 65.7. The predicted molar refractivity (Wildman–Crippen MR) is 116 cm³/mol. The lowest BCUT2D eigenvalue weighted by Crippen LogP contribution is -2.36. The molecule has 9 heteroatoms. The summed E-state index contributed by atoms with van der Waals surface area (Å²) in [7, 11) is 0. The highest BCUT2D eigenvalue weighted by Gasteiger charge is 2.35. The molecule has 0 saturated carbocycles. The summed E-state index contributed by atoms with van der Waals surface area (Å²) in [5.74, 6) is -0.261. The number of aryl methyl sites for hydroxylation is 1. The van der Waals surface area contributed by atoms with Crippen molar-refractivity contribution in [2.75, 3.05) is 36.5 Å². The van der Waals surface area contributed by atoms with Crippen LogP contribution in [0.15, 0.2) is 59.0 Å². The quantitative estimate of drug-likeness (QED) is 0.491. The fourth-order valence-electron chi connectivity index (χ4n) is 3.66. The van der Waals surface area contributed by atoms with Crippen LogP contribution in [0.2, 0.25) is 0 Å². The van der Waals surface area contributed by atoms with Crippen molar-refractivity contribution in [1.29, 1.82) is 0 Å². The smallest absolute Gasteiger partial charge is 0.418 e. The zero-order valence-electron chi connectivity index (χ0n) is 17.6. The van der Waals surface area contributed by atoms with E-state index in [0.29, 0.717) is 49.1 Å². The minimum absolute atomic E-state index is 0.0905. The Morgan fingerprint density at radius 1 is 1.03 bits per heavy atom. The Balaban J connectivity index is 1.42. The first kappa shape index (κ1) is 22.8. The van der Waals surface area contributed by atoms with Gasteiger partial charge in [-0.25, -0.2) is 4.39 Å². The number of carbonyl (C=O) groups is 1. The molecule has 174 valence electrons. The average Bonchev–Trinajstić information content (AvgIpc) is 3.27. The van der Waals surface area contributed by atoms with E-state index in [9.17, 15) is 22.4 Å². The summed E-state index contributed by atoms with van der Waals surface area (Å²) in [6, 6.07) is 13.2. The Bertz CT molecular complexity index is 1120. The van der Waals surface area contributed by atoms with E-state index in [1.165, 1.54) is 12.1 Å². The second kappa shape index (κ2) is 9.66. The number of amides is 1. The molecule has 1 saturated heterocycles. The summed E-state index contributed by atoms with van der Waals surface area (Å²) in [6.45, 7) is 1.90. The molecule has 1 fully saturated rings. The lowest BCUT2D eigenvalue weighted by atomic mass is 10.1. The number of nitrogens with one attached hydrogen (secondary N) is 1. The van der Waals surface area contributed by atoms with Crippen LogP contribution >= 0.6 is 0 Å². The molecular formula is C24H22F4N2O3. The first-order chi connectivity index (χ1) is 15.8. The lowest BCUT2D eigenvalue weighted by molar-refractivity contribution is -0.136. The molecular weight excluding hydrogens is 440 g/mol. The number of halogens is 4. The van der Waals surface area contributed by atoms with E-state index >= 15 is 0 Å². The van der Waals surface area contributed by atoms with Gasteiger partial charge in [-0.05, 0) is 42.5 Å². The Morgan fingerprint density at radius 2 is 1.79 bits per heavy atom. The maximum atomic E-state index is 13.9. The van der Waals surface area contributed by atoms with Gasteiger partial charge in [0.25, 0.3) is 0 Å². The number of morpholine rings is 1. The molecule has 1 amide bonds. The number of anilines is 2. The molecule has 0 unspecified atom stereocenters. The normalized spacial score (nSPS) is 14.4. The van der Waals surface area contributed by atoms with Crippen LogP contribution in [0.5, 0.6) is 0 Å². The molecule has 0 atom stereocenters. The SMILES string of the molecule is O=C(CCc1ccc(-c2ccccc2F)o1)Nc1ccc(N2CCOCC2)cc1C(F)(F)F. The number of benzene rings is 2. The van der Waals surface area contributed by atoms with Crippen LogP contribution in [0.25, 0.3) is 11.3 Å². The monoisotopic (exact) mass is 462 g/mol. The van der Waals surface area contributed by atoms with Gasteiger partial charge in [-0.3, -0.25) is 4.79 Å². The van der Waals surface area contributed by atoms with E-state index in [0.717, 1.165) is 6.07 Å². The fourth-order valence-corrected chi connectivity index (χ4v) is 3.66. The van der Waals surface area contributed by atoms with Crippen molar-refractivity contribution in [2.45, 2.75) is 19.0 Å². The Morgan fingerprint density at radius 3 is 2.52 bits per heavy atom. The zero-order chi connectivity index (χ0) is 23.4. The van der Waals surface area contributed by atoms with Crippen LogP contribution in [-0.2, 0) is 22.1 Å². The fraction of sp³-hybridized carbons (Fsp3) is 0.292. The molecule has 1 aliphatic heterocycles. The van der Waals surface area contributed by atoms with Gasteiger partial charge >= 0.3 is 6.18 Å². The van der Waals surface area contributed by atoms with Gasteiger partial charge in [0.15, 0.2) is 0 Å². The van der Waals surface area contributed by atoms with E-state index < -0.39 is 23.5 Å². The number of carbonyl (C=O) groups excluding carboxylic acids is 1. The maximum Gasteiger partial charge on any atom is 0.418 e. The number of hydrogen-bond donors (Lipinski definition) is 1. The van der Waals surface area contributed by atoms with Crippen LogP contribution < -0.4 is 10.2 Å². The standard InChI is InChI=1S/C24H22F4N2O3/c25-20-4-2-1-3-18(20)22-9-6-17(33-22)7-10-23(31)29-21-8-5-16(15-19(21)24(26,27)28)30-11-13-32-14-12-30/h1-6,8-9,15H,7,10-14H2,(H,29,31). The average molecular weight is 462 g/mol. The number of rotatable bonds is 6. The number of hydrogen-bond acceptors (Lipinski definition) is 4. The van der Waals surface area contributed by atoms with Crippen molar-refractivity contribution in [3.63, 3.8) is 0 Å². The molecule has 1 aromatic heterocycles. The lowest BCUT2D eigenvalue weighted by Gasteiger charge is -2.29. The zero-order valence-corrected chi connectivity index (χ0v) is 17.6. The summed E-state index contributed by atoms with van der Waals surface area (Å²) in [4.78, 5) is 14.2. The van der Waals surface area contributed by atoms with Crippen molar-refractivity contribution in [3.8, 4) is 11.3 Å².